The van der Waals surface area contributed by atoms with Crippen molar-refractivity contribution in [2.75, 3.05) is 5.73 Å². The van der Waals surface area contributed by atoms with Crippen LogP contribution in [-0.2, 0) is 0 Å². The molecule has 0 spiro atoms. The van der Waals surface area contributed by atoms with E-state index in [1.807, 2.05) is 12.1 Å². The molecule has 0 aliphatic carbocycles. The molecule has 0 fully saturated rings. The molecule has 3 nitrogen and oxygen atoms in total. The second kappa shape index (κ2) is 4.29. The quantitative estimate of drug-likeness (QED) is 0.922. The fraction of sp³-hybridized carbons (Fsp3) is 0. The number of anilines is 1. The molecule has 2 rings (SSSR count). The van der Waals surface area contributed by atoms with Gasteiger partial charge in [0.25, 0.3) is 0 Å². The second-order valence-corrected chi connectivity index (χ2v) is 5.57. The molecule has 0 unspecified atom stereocenters. The standard InChI is InChI=1S/C8H6BrN3S2/c9-5-2-1-3-11-7(5)14-8-12-4-6(10)13-8/h1-4H,10H2. The third-order valence-corrected chi connectivity index (χ3v) is 4.23. The van der Waals surface area contributed by atoms with Gasteiger partial charge < -0.3 is 5.73 Å². The molecular formula is C8H6BrN3S2. The van der Waals surface area contributed by atoms with Crippen LogP contribution in [0.5, 0.6) is 0 Å². The minimum Gasteiger partial charge on any atom is -0.389 e. The van der Waals surface area contributed by atoms with Gasteiger partial charge in [0.05, 0.1) is 10.7 Å². The van der Waals surface area contributed by atoms with Crippen molar-refractivity contribution in [3.63, 3.8) is 0 Å². The molecule has 2 heterocycles. The van der Waals surface area contributed by atoms with Gasteiger partial charge in [-0.25, -0.2) is 9.97 Å². The minimum absolute atomic E-state index is 0.722. The van der Waals surface area contributed by atoms with E-state index in [0.717, 1.165) is 18.8 Å². The number of thiazole rings is 1. The van der Waals surface area contributed by atoms with Gasteiger partial charge in [-0.3, -0.25) is 0 Å². The van der Waals surface area contributed by atoms with Gasteiger partial charge in [-0.2, -0.15) is 0 Å². The van der Waals surface area contributed by atoms with E-state index < -0.39 is 0 Å². The van der Waals surface area contributed by atoms with Gasteiger partial charge in [0, 0.05) is 6.20 Å². The van der Waals surface area contributed by atoms with Crippen molar-refractivity contribution in [1.29, 1.82) is 0 Å². The first-order valence-corrected chi connectivity index (χ1v) is 6.18. The average Bonchev–Trinajstić information content (AvgIpc) is 2.56. The SMILES string of the molecule is Nc1cnc(Sc2ncccc2Br)s1. The lowest BCUT2D eigenvalue weighted by Gasteiger charge is -1.98. The highest BCUT2D eigenvalue weighted by Crippen LogP contribution is 2.34. The van der Waals surface area contributed by atoms with E-state index in [4.69, 9.17) is 5.73 Å². The summed E-state index contributed by atoms with van der Waals surface area (Å²) < 4.78 is 1.88. The van der Waals surface area contributed by atoms with Crippen LogP contribution < -0.4 is 5.73 Å². The first-order chi connectivity index (χ1) is 6.75. The molecule has 2 aromatic heterocycles. The Hall–Kier alpha value is -0.590. The molecule has 6 heteroatoms. The van der Waals surface area contributed by atoms with E-state index in [9.17, 15) is 0 Å². The van der Waals surface area contributed by atoms with Gasteiger partial charge in [0.15, 0.2) is 4.34 Å². The number of hydrogen-bond donors (Lipinski definition) is 1. The third kappa shape index (κ3) is 2.26. The van der Waals surface area contributed by atoms with Crippen LogP contribution in [0.2, 0.25) is 0 Å². The molecule has 0 amide bonds. The third-order valence-electron chi connectivity index (χ3n) is 1.41. The van der Waals surface area contributed by atoms with E-state index in [1.54, 1.807) is 12.4 Å². The number of pyridine rings is 1. The summed E-state index contributed by atoms with van der Waals surface area (Å²) in [6.45, 7) is 0. The Labute approximate surface area is 97.9 Å². The van der Waals surface area contributed by atoms with Crippen molar-refractivity contribution in [2.24, 2.45) is 0 Å². The topological polar surface area (TPSA) is 51.8 Å². The summed E-state index contributed by atoms with van der Waals surface area (Å²) >= 11 is 6.39. The van der Waals surface area contributed by atoms with Gasteiger partial charge in [0.1, 0.15) is 10.0 Å². The van der Waals surface area contributed by atoms with Crippen LogP contribution in [0.4, 0.5) is 5.00 Å². The molecule has 0 bridgehead atoms. The van der Waals surface area contributed by atoms with Gasteiger partial charge in [-0.1, -0.05) is 11.3 Å². The zero-order chi connectivity index (χ0) is 9.97. The molecule has 0 radical (unpaired) electrons. The van der Waals surface area contributed by atoms with Crippen molar-refractivity contribution >= 4 is 44.0 Å². The number of nitrogen functional groups attached to an aromatic ring is 1. The first kappa shape index (κ1) is 9.95. The second-order valence-electron chi connectivity index (χ2n) is 2.42. The van der Waals surface area contributed by atoms with E-state index in [0.29, 0.717) is 0 Å². The Kier molecular flexibility index (Phi) is 3.05. The molecule has 0 saturated carbocycles. The summed E-state index contributed by atoms with van der Waals surface area (Å²) in [5, 5.41) is 1.63. The van der Waals surface area contributed by atoms with Crippen molar-refractivity contribution in [2.45, 2.75) is 9.37 Å². The molecule has 2 N–H and O–H groups in total. The number of rotatable bonds is 2. The molecule has 0 aromatic carbocycles. The van der Waals surface area contributed by atoms with E-state index in [2.05, 4.69) is 25.9 Å². The Morgan fingerprint density at radius 3 is 2.93 bits per heavy atom. The lowest BCUT2D eigenvalue weighted by atomic mass is 10.5. The zero-order valence-electron chi connectivity index (χ0n) is 6.98. The fourth-order valence-electron chi connectivity index (χ4n) is 0.846. The van der Waals surface area contributed by atoms with Gasteiger partial charge >= 0.3 is 0 Å². The highest BCUT2D eigenvalue weighted by molar-refractivity contribution is 9.10. The molecule has 0 saturated heterocycles. The van der Waals surface area contributed by atoms with Crippen LogP contribution in [0.1, 0.15) is 0 Å². The van der Waals surface area contributed by atoms with Gasteiger partial charge in [0.2, 0.25) is 0 Å². The van der Waals surface area contributed by atoms with Crippen molar-refractivity contribution in [3.05, 3.63) is 29.0 Å². The van der Waals surface area contributed by atoms with Crippen molar-refractivity contribution < 1.29 is 0 Å². The molecule has 14 heavy (non-hydrogen) atoms. The average molecular weight is 288 g/mol. The Balaban J connectivity index is 2.23. The number of hydrogen-bond acceptors (Lipinski definition) is 5. The predicted molar refractivity (Wildman–Crippen MR) is 62.6 cm³/mol. The Morgan fingerprint density at radius 1 is 1.43 bits per heavy atom. The van der Waals surface area contributed by atoms with Crippen LogP contribution in [-0.4, -0.2) is 9.97 Å². The smallest absolute Gasteiger partial charge is 0.158 e. The van der Waals surface area contributed by atoms with Crippen molar-refractivity contribution in [1.82, 2.24) is 9.97 Å². The lowest BCUT2D eigenvalue weighted by Crippen LogP contribution is -1.79. The summed E-state index contributed by atoms with van der Waals surface area (Å²) in [6, 6.07) is 3.83. The number of halogens is 1. The summed E-state index contributed by atoms with van der Waals surface area (Å²) in [4.78, 5) is 8.37. The maximum Gasteiger partial charge on any atom is 0.158 e. The number of aromatic nitrogens is 2. The van der Waals surface area contributed by atoms with Crippen molar-refractivity contribution in [3.8, 4) is 0 Å². The van der Waals surface area contributed by atoms with Gasteiger partial charge in [-0.05, 0) is 39.8 Å². The van der Waals surface area contributed by atoms with Gasteiger partial charge in [-0.15, -0.1) is 0 Å². The maximum absolute atomic E-state index is 5.58. The highest BCUT2D eigenvalue weighted by atomic mass is 79.9. The fourth-order valence-corrected chi connectivity index (χ4v) is 3.00. The number of nitrogens with zero attached hydrogens (tertiary/aromatic N) is 2. The van der Waals surface area contributed by atoms with Crippen LogP contribution in [0.3, 0.4) is 0 Å². The molecule has 0 aliphatic heterocycles. The normalized spacial score (nSPS) is 10.4. The summed E-state index contributed by atoms with van der Waals surface area (Å²) in [6.07, 6.45) is 3.41. The summed E-state index contributed by atoms with van der Waals surface area (Å²) in [5.74, 6) is 0. The molecule has 0 atom stereocenters. The van der Waals surface area contributed by atoms with E-state index in [1.165, 1.54) is 23.1 Å². The molecular weight excluding hydrogens is 282 g/mol. The minimum atomic E-state index is 0.722. The molecule has 0 aliphatic rings. The predicted octanol–water partition coefficient (Wildman–Crippen LogP) is 3.03. The van der Waals surface area contributed by atoms with E-state index in [-0.39, 0.29) is 0 Å². The Bertz CT molecular complexity index is 444. The highest BCUT2D eigenvalue weighted by Gasteiger charge is 2.05. The maximum atomic E-state index is 5.58. The van der Waals surface area contributed by atoms with E-state index >= 15 is 0 Å². The Morgan fingerprint density at radius 2 is 2.29 bits per heavy atom. The zero-order valence-corrected chi connectivity index (χ0v) is 10.2. The summed E-state index contributed by atoms with van der Waals surface area (Å²) in [7, 11) is 0. The first-order valence-electron chi connectivity index (χ1n) is 3.75. The van der Waals surface area contributed by atoms with Crippen LogP contribution in [0.25, 0.3) is 0 Å². The molecule has 2 aromatic rings. The summed E-state index contributed by atoms with van der Waals surface area (Å²) in [5.41, 5.74) is 5.58. The monoisotopic (exact) mass is 287 g/mol. The molecule has 72 valence electrons. The van der Waals surface area contributed by atoms with Crippen LogP contribution >= 0.6 is 39.0 Å². The van der Waals surface area contributed by atoms with Crippen LogP contribution in [0, 0.1) is 0 Å². The van der Waals surface area contributed by atoms with Crippen LogP contribution in [0.15, 0.2) is 38.4 Å². The number of nitrogens with two attached hydrogens (primary N) is 1. The largest absolute Gasteiger partial charge is 0.389 e. The lowest BCUT2D eigenvalue weighted by molar-refractivity contribution is 1.10.